The molecule has 4 heterocycles. The van der Waals surface area contributed by atoms with Crippen LogP contribution in [0.5, 0.6) is 0 Å². The van der Waals surface area contributed by atoms with Gasteiger partial charge in [-0.25, -0.2) is 19.2 Å². The maximum atomic E-state index is 12.8. The minimum Gasteiger partial charge on any atom is -0.443 e. The molecule has 284 valence electrons. The molecule has 2 saturated heterocycles. The van der Waals surface area contributed by atoms with Crippen molar-refractivity contribution in [1.82, 2.24) is 19.4 Å². The zero-order chi connectivity index (χ0) is 39.6. The minimum atomic E-state index is -1.03. The summed E-state index contributed by atoms with van der Waals surface area (Å²) in [5, 5.41) is 0. The fourth-order valence-electron chi connectivity index (χ4n) is 5.25. The second-order valence-corrected chi connectivity index (χ2v) is 15.5. The van der Waals surface area contributed by atoms with Crippen molar-refractivity contribution >= 4 is 73.9 Å². The first-order valence-electron chi connectivity index (χ1n) is 16.6. The summed E-state index contributed by atoms with van der Waals surface area (Å²) in [7, 11) is 0. The summed E-state index contributed by atoms with van der Waals surface area (Å²) >= 11 is 3.12. The number of halogens is 1. The van der Waals surface area contributed by atoms with E-state index in [4.69, 9.17) is 18.3 Å². The van der Waals surface area contributed by atoms with Crippen LogP contribution >= 0.6 is 15.9 Å². The highest BCUT2D eigenvalue weighted by Gasteiger charge is 2.43. The fourth-order valence-corrected chi connectivity index (χ4v) is 5.68. The number of rotatable bonds is 1. The number of ether oxygens (including phenoxy) is 2. The molecular weight excluding hydrogens is 760 g/mol. The number of oxazole rings is 2. The Kier molecular flexibility index (Phi) is 12.0. The van der Waals surface area contributed by atoms with Crippen LogP contribution in [0.15, 0.2) is 54.8 Å². The van der Waals surface area contributed by atoms with E-state index in [0.717, 1.165) is 16.6 Å². The van der Waals surface area contributed by atoms with Crippen molar-refractivity contribution in [3.63, 3.8) is 0 Å². The normalized spacial score (nSPS) is 18.0. The quantitative estimate of drug-likeness (QED) is 0.179. The molecule has 2 aliphatic heterocycles. The van der Waals surface area contributed by atoms with E-state index in [1.165, 1.54) is 4.57 Å². The number of benzene rings is 2. The second-order valence-electron chi connectivity index (χ2n) is 14.4. The number of hydrogen-bond acceptors (Lipinski definition) is 12. The van der Waals surface area contributed by atoms with E-state index in [9.17, 15) is 38.4 Å². The van der Waals surface area contributed by atoms with Crippen LogP contribution in [0.4, 0.5) is 9.59 Å². The molecule has 0 aliphatic carbocycles. The highest BCUT2D eigenvalue weighted by molar-refractivity contribution is 9.10. The van der Waals surface area contributed by atoms with Crippen molar-refractivity contribution in [3.8, 4) is 0 Å². The Morgan fingerprint density at radius 3 is 1.81 bits per heavy atom. The standard InChI is InChI=1S/C18H20N2O6.C10H14BrNO4.C8H7NO2/c1-10-5-6-11-13(9-10)25-16(23)19(11)12-7-8-14(21)20(15(12)22)17(24)26-18(2,3)4;1-10(2,3)16-9(15)12-7(13)5-4-6(11)8(12)14;1-5-2-3-6-7(4-5)11-8(10)9-6/h5-6,9,12H,7-8H2,1-4H3;6H,4-5H2,1-3H3;2-4H,1H3,(H,9,10). The summed E-state index contributed by atoms with van der Waals surface area (Å²) in [5.74, 6) is -3.59. The molecule has 0 bridgehead atoms. The highest BCUT2D eigenvalue weighted by atomic mass is 79.9. The first kappa shape index (κ1) is 40.5. The Labute approximate surface area is 311 Å². The summed E-state index contributed by atoms with van der Waals surface area (Å²) in [6.45, 7) is 13.7. The average Bonchev–Trinajstić information content (AvgIpc) is 3.55. The number of nitrogens with zero attached hydrogens (tertiary/aromatic N) is 3. The Morgan fingerprint density at radius 1 is 0.736 bits per heavy atom. The molecule has 0 spiro atoms. The largest absolute Gasteiger partial charge is 0.443 e. The number of likely N-dealkylation sites (tertiary alicyclic amines) is 2. The Balaban J connectivity index is 0.000000197. The molecule has 16 nitrogen and oxygen atoms in total. The van der Waals surface area contributed by atoms with E-state index in [0.29, 0.717) is 32.9 Å². The highest BCUT2D eigenvalue weighted by Crippen LogP contribution is 2.28. The van der Waals surface area contributed by atoms with Gasteiger partial charge in [0.2, 0.25) is 11.8 Å². The number of carbonyl (C=O) groups is 6. The number of alkyl halides is 1. The molecule has 2 aromatic carbocycles. The lowest BCUT2D eigenvalue weighted by atomic mass is 10.0. The van der Waals surface area contributed by atoms with Gasteiger partial charge in [0.1, 0.15) is 17.2 Å². The van der Waals surface area contributed by atoms with Gasteiger partial charge in [-0.05, 0) is 104 Å². The van der Waals surface area contributed by atoms with E-state index in [1.54, 1.807) is 59.7 Å². The summed E-state index contributed by atoms with van der Waals surface area (Å²) in [6.07, 6.45) is -1.29. The van der Waals surface area contributed by atoms with Crippen molar-refractivity contribution in [2.24, 2.45) is 0 Å². The van der Waals surface area contributed by atoms with Gasteiger partial charge in [0.15, 0.2) is 11.2 Å². The van der Waals surface area contributed by atoms with Gasteiger partial charge in [-0.15, -0.1) is 0 Å². The number of piperidine rings is 2. The van der Waals surface area contributed by atoms with Crippen molar-refractivity contribution in [2.75, 3.05) is 0 Å². The Morgan fingerprint density at radius 2 is 1.25 bits per heavy atom. The van der Waals surface area contributed by atoms with Crippen molar-refractivity contribution in [3.05, 3.63) is 68.6 Å². The summed E-state index contributed by atoms with van der Waals surface area (Å²) in [5.41, 5.74) is 2.56. The maximum Gasteiger partial charge on any atom is 0.424 e. The van der Waals surface area contributed by atoms with Crippen LogP contribution in [-0.4, -0.2) is 71.2 Å². The van der Waals surface area contributed by atoms with E-state index in [-0.39, 0.29) is 19.3 Å². The van der Waals surface area contributed by atoms with Gasteiger partial charge in [0, 0.05) is 12.8 Å². The molecule has 2 atom stereocenters. The number of H-pyrrole nitrogens is 1. The molecule has 2 fully saturated rings. The third kappa shape index (κ3) is 9.97. The minimum absolute atomic E-state index is 0.0549. The van der Waals surface area contributed by atoms with Crippen LogP contribution in [0.2, 0.25) is 0 Å². The number of aromatic nitrogens is 2. The molecular formula is C36H41BrN4O12. The number of carbonyl (C=O) groups excluding carboxylic acids is 6. The third-order valence-electron chi connectivity index (χ3n) is 7.55. The first-order valence-corrected chi connectivity index (χ1v) is 17.5. The predicted molar refractivity (Wildman–Crippen MR) is 193 cm³/mol. The number of nitrogens with one attached hydrogen (secondary N) is 1. The number of fused-ring (bicyclic) bond motifs is 2. The van der Waals surface area contributed by atoms with E-state index in [1.807, 2.05) is 32.0 Å². The van der Waals surface area contributed by atoms with Gasteiger partial charge >= 0.3 is 23.7 Å². The number of hydrogen-bond donors (Lipinski definition) is 1. The van der Waals surface area contributed by atoms with Gasteiger partial charge in [-0.2, -0.15) is 9.80 Å². The molecule has 6 rings (SSSR count). The smallest absolute Gasteiger partial charge is 0.424 e. The molecule has 2 aromatic heterocycles. The van der Waals surface area contributed by atoms with Gasteiger partial charge in [0.25, 0.3) is 11.8 Å². The van der Waals surface area contributed by atoms with Crippen LogP contribution in [0.1, 0.15) is 84.4 Å². The molecule has 2 unspecified atom stereocenters. The fraction of sp³-hybridized carbons (Fsp3) is 0.444. The number of aryl methyl sites for hydroxylation is 2. The number of imide groups is 6. The van der Waals surface area contributed by atoms with Gasteiger partial charge < -0.3 is 18.3 Å². The predicted octanol–water partition coefficient (Wildman–Crippen LogP) is 5.79. The lowest BCUT2D eigenvalue weighted by Crippen LogP contribution is -2.51. The van der Waals surface area contributed by atoms with E-state index < -0.39 is 69.4 Å². The lowest BCUT2D eigenvalue weighted by Gasteiger charge is -2.31. The summed E-state index contributed by atoms with van der Waals surface area (Å²) < 4.78 is 21.4. The lowest BCUT2D eigenvalue weighted by molar-refractivity contribution is -0.150. The van der Waals surface area contributed by atoms with Crippen molar-refractivity contribution in [1.29, 1.82) is 0 Å². The molecule has 4 aromatic rings. The Bertz CT molecular complexity index is 2200. The van der Waals surface area contributed by atoms with Crippen LogP contribution < -0.4 is 11.5 Å². The monoisotopic (exact) mass is 800 g/mol. The zero-order valence-corrected chi connectivity index (χ0v) is 32.2. The SMILES string of the molecule is CC(C)(C)OC(=O)N1C(=O)CCC(Br)C1=O.Cc1ccc2[nH]c(=O)oc2c1.Cc1ccc2c(c1)oc(=O)n2C1CCC(=O)N(C(=O)OC(C)(C)C)C1=O. The summed E-state index contributed by atoms with van der Waals surface area (Å²) in [6, 6.07) is 9.74. The van der Waals surface area contributed by atoms with Crippen molar-refractivity contribution < 1.29 is 47.1 Å². The zero-order valence-electron chi connectivity index (χ0n) is 30.6. The number of amides is 6. The Hall–Kier alpha value is -5.32. The van der Waals surface area contributed by atoms with E-state index in [2.05, 4.69) is 20.9 Å². The molecule has 53 heavy (non-hydrogen) atoms. The van der Waals surface area contributed by atoms with Gasteiger partial charge in [-0.1, -0.05) is 28.1 Å². The first-order chi connectivity index (χ1) is 24.6. The topological polar surface area (TPSA) is 208 Å². The third-order valence-corrected chi connectivity index (χ3v) is 8.39. The van der Waals surface area contributed by atoms with Crippen LogP contribution in [-0.2, 0) is 28.7 Å². The van der Waals surface area contributed by atoms with Crippen LogP contribution in [0.25, 0.3) is 22.2 Å². The molecule has 17 heteroatoms. The van der Waals surface area contributed by atoms with Gasteiger partial charge in [0.05, 0.1) is 15.9 Å². The van der Waals surface area contributed by atoms with Gasteiger partial charge in [-0.3, -0.25) is 28.7 Å². The van der Waals surface area contributed by atoms with Crippen LogP contribution in [0, 0.1) is 13.8 Å². The van der Waals surface area contributed by atoms with Crippen LogP contribution in [0.3, 0.4) is 0 Å². The molecule has 1 N–H and O–H groups in total. The number of aromatic amines is 1. The summed E-state index contributed by atoms with van der Waals surface area (Å²) in [4.78, 5) is 98.1. The molecule has 6 amide bonds. The van der Waals surface area contributed by atoms with E-state index >= 15 is 0 Å². The second kappa shape index (κ2) is 15.7. The molecule has 2 aliphatic rings. The maximum absolute atomic E-state index is 12.8. The molecule has 0 saturated carbocycles. The molecule has 0 radical (unpaired) electrons. The van der Waals surface area contributed by atoms with Crippen molar-refractivity contribution in [2.45, 2.75) is 103 Å². The average molecular weight is 802 g/mol.